The first kappa shape index (κ1) is 39.4. The highest BCUT2D eigenvalue weighted by atomic mass is 32.2. The van der Waals surface area contributed by atoms with Gasteiger partial charge in [-0.1, -0.05) is 76.1 Å². The predicted octanol–water partition coefficient (Wildman–Crippen LogP) is 5.01. The number of fused-ring (bicyclic) bond motifs is 1. The quantitative estimate of drug-likeness (QED) is 0.225. The van der Waals surface area contributed by atoms with Crippen molar-refractivity contribution in [3.8, 4) is 17.3 Å². The molecule has 15 heteroatoms. The Morgan fingerprint density at radius 1 is 0.911 bits per heavy atom. The summed E-state index contributed by atoms with van der Waals surface area (Å²) in [4.78, 5) is 66.5. The maximum Gasteiger partial charge on any atom is 0.408 e. The number of carbonyl (C=O) groups is 4. The summed E-state index contributed by atoms with van der Waals surface area (Å²) >= 11 is 0. The minimum Gasteiger partial charge on any atom is -0.472 e. The van der Waals surface area contributed by atoms with Crippen molar-refractivity contribution < 1.29 is 37.1 Å². The fourth-order valence-corrected chi connectivity index (χ4v) is 9.13. The average Bonchev–Trinajstić information content (AvgIpc) is 4.05. The first-order valence-electron chi connectivity index (χ1n) is 19.5. The number of aromatic nitrogens is 2. The highest BCUT2D eigenvalue weighted by Crippen LogP contribution is 2.53. The Balaban J connectivity index is 1.16. The maximum atomic E-state index is 14.6. The largest absolute Gasteiger partial charge is 0.472 e. The Morgan fingerprint density at radius 3 is 2.18 bits per heavy atom. The van der Waals surface area contributed by atoms with E-state index in [2.05, 4.69) is 15.4 Å². The third-order valence-electron chi connectivity index (χ3n) is 11.0. The Hall–Kier alpha value is -4.79. The third-order valence-corrected chi connectivity index (χ3v) is 13.2. The normalized spacial score (nSPS) is 21.8. The minimum absolute atomic E-state index is 0.0281. The molecule has 0 radical (unpaired) electrons. The summed E-state index contributed by atoms with van der Waals surface area (Å²) in [6.07, 6.45) is 2.54. The number of amides is 4. The van der Waals surface area contributed by atoms with E-state index in [0.717, 1.165) is 18.4 Å². The van der Waals surface area contributed by atoms with Crippen molar-refractivity contribution >= 4 is 44.7 Å². The van der Waals surface area contributed by atoms with Gasteiger partial charge in [-0.15, -0.1) is 0 Å². The Labute approximate surface area is 327 Å². The van der Waals surface area contributed by atoms with E-state index in [9.17, 15) is 27.6 Å². The van der Waals surface area contributed by atoms with E-state index in [4.69, 9.17) is 19.4 Å². The second-order valence-corrected chi connectivity index (χ2v) is 20.1. The third kappa shape index (κ3) is 8.47. The van der Waals surface area contributed by atoms with Crippen LogP contribution < -0.4 is 20.1 Å². The van der Waals surface area contributed by atoms with Crippen LogP contribution in [0.1, 0.15) is 92.9 Å². The van der Waals surface area contributed by atoms with Crippen LogP contribution in [0.25, 0.3) is 22.3 Å². The highest BCUT2D eigenvalue weighted by Gasteiger charge is 2.60. The molecule has 1 aliphatic heterocycles. The highest BCUT2D eigenvalue weighted by molar-refractivity contribution is 7.91. The van der Waals surface area contributed by atoms with Gasteiger partial charge in [0.15, 0.2) is 5.82 Å². The molecule has 1 aromatic heterocycles. The number of carbonyl (C=O) groups excluding carboxylic acids is 4. The van der Waals surface area contributed by atoms with Gasteiger partial charge in [-0.25, -0.2) is 18.2 Å². The lowest BCUT2D eigenvalue weighted by molar-refractivity contribution is -0.143. The van der Waals surface area contributed by atoms with Gasteiger partial charge in [0, 0.05) is 12.0 Å². The summed E-state index contributed by atoms with van der Waals surface area (Å²) in [5, 5.41) is 6.20. The molecule has 0 spiro atoms. The number of benzene rings is 2. The molecule has 4 amide bonds. The summed E-state index contributed by atoms with van der Waals surface area (Å²) in [7, 11) is -3.96. The maximum absolute atomic E-state index is 14.6. The number of nitrogens with zero attached hydrogens (tertiary/aromatic N) is 3. The molecule has 2 aromatic carbocycles. The van der Waals surface area contributed by atoms with Gasteiger partial charge in [-0.2, -0.15) is 4.98 Å². The number of hydrogen-bond donors (Lipinski definition) is 3. The lowest BCUT2D eigenvalue weighted by Gasteiger charge is -2.36. The van der Waals surface area contributed by atoms with E-state index in [1.807, 2.05) is 54.6 Å². The van der Waals surface area contributed by atoms with E-state index >= 15 is 0 Å². The van der Waals surface area contributed by atoms with Crippen LogP contribution in [0.5, 0.6) is 5.88 Å². The number of alkyl carbamates (subject to hydrolysis) is 1. The fraction of sp³-hybridized carbons (Fsp3) is 0.561. The summed E-state index contributed by atoms with van der Waals surface area (Å²) in [5.41, 5.74) is -1.65. The second-order valence-electron chi connectivity index (χ2n) is 18.0. The van der Waals surface area contributed by atoms with E-state index in [1.165, 1.54) is 4.90 Å². The number of likely N-dealkylation sites (tertiary alicyclic amines) is 1. The molecule has 14 nitrogen and oxygen atoms in total. The standard InChI is InChI=1S/C41H52N6O8S/c1-38(2,3)31(43-37(51)55-39(4,5)6)35(49)47-24-27(54-34-28-14-10-11-15-29(28)42-32(44-34)26-12-8-7-9-13-26)22-30(47)33(48)45-41(20-21-41)36(50)46-56(52,53)40(18-19-40)23-25-16-17-25/h7-15,25,27,30-31H,16-24H2,1-6H3,(H,43,51)(H,45,48)(H,46,50)/t27-,30?,31?/m1/s1. The second kappa shape index (κ2) is 14.3. The Bertz CT molecular complexity index is 2140. The van der Waals surface area contributed by atoms with Crippen molar-refractivity contribution in [1.82, 2.24) is 30.2 Å². The Kier molecular flexibility index (Phi) is 10.1. The van der Waals surface area contributed by atoms with Gasteiger partial charge in [0.2, 0.25) is 27.7 Å². The molecule has 3 atom stereocenters. The zero-order chi connectivity index (χ0) is 40.3. The van der Waals surface area contributed by atoms with Crippen LogP contribution in [0.4, 0.5) is 4.79 Å². The van der Waals surface area contributed by atoms with Gasteiger partial charge < -0.3 is 25.0 Å². The van der Waals surface area contributed by atoms with Crippen molar-refractivity contribution in [2.75, 3.05) is 6.54 Å². The summed E-state index contributed by atoms with van der Waals surface area (Å²) in [5.74, 6) is -0.856. The molecule has 3 N–H and O–H groups in total. The number of rotatable bonds is 12. The number of para-hydroxylation sites is 1. The van der Waals surface area contributed by atoms with Gasteiger partial charge in [-0.3, -0.25) is 19.1 Å². The van der Waals surface area contributed by atoms with Crippen LogP contribution in [-0.2, 0) is 29.1 Å². The monoisotopic (exact) mass is 788 g/mol. The molecule has 0 bridgehead atoms. The molecule has 3 aromatic rings. The van der Waals surface area contributed by atoms with Crippen molar-refractivity contribution in [3.63, 3.8) is 0 Å². The summed E-state index contributed by atoms with van der Waals surface area (Å²) < 4.78 is 40.3. The van der Waals surface area contributed by atoms with Gasteiger partial charge in [0.05, 0.1) is 22.2 Å². The number of ether oxygens (including phenoxy) is 2. The molecule has 2 heterocycles. The van der Waals surface area contributed by atoms with Crippen LogP contribution in [0.2, 0.25) is 0 Å². The van der Waals surface area contributed by atoms with Crippen molar-refractivity contribution in [1.29, 1.82) is 0 Å². The molecular formula is C41H52N6O8S. The van der Waals surface area contributed by atoms with Crippen LogP contribution in [-0.4, -0.2) is 87.7 Å². The van der Waals surface area contributed by atoms with Gasteiger partial charge in [0.1, 0.15) is 29.3 Å². The average molecular weight is 789 g/mol. The van der Waals surface area contributed by atoms with Crippen LogP contribution in [0, 0.1) is 11.3 Å². The van der Waals surface area contributed by atoms with Gasteiger partial charge >= 0.3 is 6.09 Å². The zero-order valence-corrected chi connectivity index (χ0v) is 33.7. The van der Waals surface area contributed by atoms with E-state index < -0.39 is 73.3 Å². The smallest absolute Gasteiger partial charge is 0.408 e. The minimum atomic E-state index is -3.96. The molecule has 1 saturated heterocycles. The van der Waals surface area contributed by atoms with Crippen LogP contribution in [0.3, 0.4) is 0 Å². The summed E-state index contributed by atoms with van der Waals surface area (Å²) in [6.45, 7) is 10.5. The number of nitrogens with one attached hydrogen (secondary N) is 3. The first-order valence-corrected chi connectivity index (χ1v) is 20.9. The van der Waals surface area contributed by atoms with E-state index in [1.54, 1.807) is 41.5 Å². The van der Waals surface area contributed by atoms with Crippen LogP contribution in [0.15, 0.2) is 54.6 Å². The molecule has 4 fully saturated rings. The molecule has 3 aliphatic carbocycles. The molecule has 300 valence electrons. The zero-order valence-electron chi connectivity index (χ0n) is 32.9. The fourth-order valence-electron chi connectivity index (χ4n) is 7.38. The van der Waals surface area contributed by atoms with E-state index in [0.29, 0.717) is 41.9 Å². The first-order chi connectivity index (χ1) is 26.3. The predicted molar refractivity (Wildman–Crippen MR) is 209 cm³/mol. The van der Waals surface area contributed by atoms with E-state index in [-0.39, 0.29) is 31.7 Å². The lowest BCUT2D eigenvalue weighted by atomic mass is 9.85. The van der Waals surface area contributed by atoms with Crippen LogP contribution >= 0.6 is 0 Å². The molecular weight excluding hydrogens is 737 g/mol. The summed E-state index contributed by atoms with van der Waals surface area (Å²) in [6, 6.07) is 14.6. The lowest BCUT2D eigenvalue weighted by Crippen LogP contribution is -2.60. The topological polar surface area (TPSA) is 186 Å². The van der Waals surface area contributed by atoms with Crippen molar-refractivity contribution in [2.24, 2.45) is 11.3 Å². The van der Waals surface area contributed by atoms with Crippen molar-refractivity contribution in [3.05, 3.63) is 54.6 Å². The molecule has 7 rings (SSSR count). The SMILES string of the molecule is CC(C)(C)OC(=O)NC(C(=O)N1C[C@H](Oc2nc(-c3ccccc3)nc3ccccc23)CC1C(=O)NC1(C(=O)NS(=O)(=O)C2(CC3CC3)CC2)CC1)C(C)(C)C. The molecule has 56 heavy (non-hydrogen) atoms. The molecule has 4 aliphatic rings. The number of hydrogen-bond acceptors (Lipinski definition) is 10. The molecule has 3 saturated carbocycles. The van der Waals surface area contributed by atoms with Gasteiger partial charge in [-0.05, 0) is 76.3 Å². The van der Waals surface area contributed by atoms with Crippen molar-refractivity contribution in [2.45, 2.75) is 127 Å². The molecule has 2 unspecified atom stereocenters. The van der Waals surface area contributed by atoms with Gasteiger partial charge in [0.25, 0.3) is 5.91 Å². The Morgan fingerprint density at radius 2 is 1.57 bits per heavy atom. The number of sulfonamides is 1.